The highest BCUT2D eigenvalue weighted by atomic mass is 15.0. The Balaban J connectivity index is 1.11. The minimum Gasteiger partial charge on any atom is -0.309 e. The molecular weight excluding hydrogens is 693 g/mol. The van der Waals surface area contributed by atoms with Gasteiger partial charge in [0.1, 0.15) is 0 Å². The van der Waals surface area contributed by atoms with E-state index < -0.39 is 0 Å². The molecule has 0 amide bonds. The van der Waals surface area contributed by atoms with E-state index in [4.69, 9.17) is 15.0 Å². The summed E-state index contributed by atoms with van der Waals surface area (Å²) in [5, 5.41) is 9.73. The van der Waals surface area contributed by atoms with E-state index in [9.17, 15) is 0 Å². The van der Waals surface area contributed by atoms with Gasteiger partial charge in [-0.2, -0.15) is 0 Å². The topological polar surface area (TPSA) is 43.6 Å². The number of para-hydroxylation sites is 1. The number of hydrogen-bond donors (Lipinski definition) is 0. The van der Waals surface area contributed by atoms with Crippen LogP contribution in [0.5, 0.6) is 0 Å². The SMILES string of the molecule is CC1(C)CCC(C)(C)c2c1ccc1c3ccccc3n(-c3ccc4ccc(-c5nc(-c6ccccc6)nc(-c6ccc7ccc8ccccc8c7c6)n5)cc4c3)c21. The van der Waals surface area contributed by atoms with Crippen molar-refractivity contribution in [2.75, 3.05) is 0 Å². The second-order valence-electron chi connectivity index (χ2n) is 17.1. The molecule has 10 aromatic rings. The Hall–Kier alpha value is -6.65. The Morgan fingerprint density at radius 3 is 1.81 bits per heavy atom. The molecule has 0 N–H and O–H groups in total. The first-order chi connectivity index (χ1) is 27.7. The molecule has 8 aromatic carbocycles. The second-order valence-corrected chi connectivity index (χ2v) is 17.1. The molecule has 4 nitrogen and oxygen atoms in total. The Labute approximate surface area is 332 Å². The van der Waals surface area contributed by atoms with Gasteiger partial charge in [-0.3, -0.25) is 0 Å². The average molecular weight is 735 g/mol. The highest BCUT2D eigenvalue weighted by Gasteiger charge is 2.39. The molecule has 274 valence electrons. The van der Waals surface area contributed by atoms with E-state index in [0.717, 1.165) is 34.2 Å². The molecule has 0 saturated heterocycles. The Morgan fingerprint density at radius 1 is 0.421 bits per heavy atom. The lowest BCUT2D eigenvalue weighted by Gasteiger charge is -2.42. The third-order valence-corrected chi connectivity index (χ3v) is 12.6. The fourth-order valence-corrected chi connectivity index (χ4v) is 9.46. The van der Waals surface area contributed by atoms with Gasteiger partial charge in [0.2, 0.25) is 0 Å². The van der Waals surface area contributed by atoms with Crippen molar-refractivity contribution in [3.8, 4) is 39.9 Å². The van der Waals surface area contributed by atoms with Crippen LogP contribution in [0.2, 0.25) is 0 Å². The molecular formula is C53H42N4. The van der Waals surface area contributed by atoms with Gasteiger partial charge in [0.15, 0.2) is 17.5 Å². The van der Waals surface area contributed by atoms with Crippen molar-refractivity contribution in [1.29, 1.82) is 0 Å². The highest BCUT2D eigenvalue weighted by Crippen LogP contribution is 2.50. The maximum absolute atomic E-state index is 5.20. The molecule has 57 heavy (non-hydrogen) atoms. The summed E-state index contributed by atoms with van der Waals surface area (Å²) in [6.07, 6.45) is 2.34. The predicted molar refractivity (Wildman–Crippen MR) is 238 cm³/mol. The molecule has 0 bridgehead atoms. The molecule has 0 radical (unpaired) electrons. The Bertz CT molecular complexity index is 3240. The number of nitrogens with zero attached hydrogens (tertiary/aromatic N) is 4. The van der Waals surface area contributed by atoms with Crippen molar-refractivity contribution in [2.45, 2.75) is 51.4 Å². The van der Waals surface area contributed by atoms with Crippen LogP contribution < -0.4 is 0 Å². The molecule has 0 atom stereocenters. The summed E-state index contributed by atoms with van der Waals surface area (Å²) in [6.45, 7) is 9.69. The molecule has 1 aliphatic rings. The average Bonchev–Trinajstić information content (AvgIpc) is 3.59. The molecule has 2 aromatic heterocycles. The quantitative estimate of drug-likeness (QED) is 0.169. The van der Waals surface area contributed by atoms with Crippen molar-refractivity contribution in [2.24, 2.45) is 0 Å². The van der Waals surface area contributed by atoms with Crippen molar-refractivity contribution >= 4 is 54.1 Å². The van der Waals surface area contributed by atoms with Crippen LogP contribution in [0.1, 0.15) is 51.7 Å². The maximum Gasteiger partial charge on any atom is 0.164 e. The third-order valence-electron chi connectivity index (χ3n) is 12.6. The number of fused-ring (bicyclic) bond motifs is 9. The van der Waals surface area contributed by atoms with Gasteiger partial charge < -0.3 is 4.57 Å². The predicted octanol–water partition coefficient (Wildman–Crippen LogP) is 13.8. The van der Waals surface area contributed by atoms with Gasteiger partial charge in [0.25, 0.3) is 0 Å². The molecule has 1 aliphatic carbocycles. The molecule has 2 heterocycles. The molecule has 0 aliphatic heterocycles. The summed E-state index contributed by atoms with van der Waals surface area (Å²) in [7, 11) is 0. The van der Waals surface area contributed by atoms with E-state index in [0.29, 0.717) is 17.5 Å². The zero-order valence-electron chi connectivity index (χ0n) is 32.7. The Morgan fingerprint density at radius 2 is 1.02 bits per heavy atom. The standard InChI is InChI=1S/C53H42N4/c1-52(2)28-29-53(3,4)47-45(52)27-26-43-42-16-10-11-17-46(42)57(48(43)47)40-25-24-33-18-22-37(30-39(33)31-40)50-54-49(36-13-6-5-7-14-36)55-51(56-50)38-23-21-35-20-19-34-12-8-9-15-41(34)44(35)32-38/h5-27,30-32H,28-29H2,1-4H3. The lowest BCUT2D eigenvalue weighted by molar-refractivity contribution is 0.334. The summed E-state index contributed by atoms with van der Waals surface area (Å²) in [5.41, 5.74) is 9.70. The van der Waals surface area contributed by atoms with E-state index in [-0.39, 0.29) is 10.8 Å². The van der Waals surface area contributed by atoms with E-state index in [2.05, 4.69) is 172 Å². The summed E-state index contributed by atoms with van der Waals surface area (Å²) < 4.78 is 2.52. The van der Waals surface area contributed by atoms with E-state index in [1.54, 1.807) is 0 Å². The van der Waals surface area contributed by atoms with Gasteiger partial charge in [-0.1, -0.05) is 155 Å². The van der Waals surface area contributed by atoms with Crippen molar-refractivity contribution in [1.82, 2.24) is 19.5 Å². The van der Waals surface area contributed by atoms with Crippen LogP contribution in [-0.4, -0.2) is 19.5 Å². The number of rotatable bonds is 4. The zero-order chi connectivity index (χ0) is 38.5. The van der Waals surface area contributed by atoms with Crippen LogP contribution in [0.15, 0.2) is 158 Å². The van der Waals surface area contributed by atoms with E-state index in [1.807, 2.05) is 18.2 Å². The highest BCUT2D eigenvalue weighted by molar-refractivity contribution is 6.11. The summed E-state index contributed by atoms with van der Waals surface area (Å²) >= 11 is 0. The summed E-state index contributed by atoms with van der Waals surface area (Å²) in [4.78, 5) is 15.4. The van der Waals surface area contributed by atoms with Gasteiger partial charge in [-0.05, 0) is 97.4 Å². The second kappa shape index (κ2) is 12.4. The van der Waals surface area contributed by atoms with Gasteiger partial charge in [0, 0.05) is 33.2 Å². The van der Waals surface area contributed by atoms with Gasteiger partial charge in [0.05, 0.1) is 11.0 Å². The molecule has 0 spiro atoms. The number of hydrogen-bond acceptors (Lipinski definition) is 3. The molecule has 11 rings (SSSR count). The number of benzene rings is 8. The molecule has 0 fully saturated rings. The first-order valence-electron chi connectivity index (χ1n) is 20.1. The van der Waals surface area contributed by atoms with Gasteiger partial charge in [-0.25, -0.2) is 15.0 Å². The molecule has 0 saturated carbocycles. The van der Waals surface area contributed by atoms with E-state index in [1.165, 1.54) is 66.3 Å². The van der Waals surface area contributed by atoms with Crippen LogP contribution in [-0.2, 0) is 10.8 Å². The van der Waals surface area contributed by atoms with E-state index >= 15 is 0 Å². The van der Waals surface area contributed by atoms with Crippen molar-refractivity contribution in [3.63, 3.8) is 0 Å². The maximum atomic E-state index is 5.20. The van der Waals surface area contributed by atoms with Crippen molar-refractivity contribution < 1.29 is 0 Å². The van der Waals surface area contributed by atoms with Crippen LogP contribution in [0.4, 0.5) is 0 Å². The normalized spacial score (nSPS) is 14.8. The minimum absolute atomic E-state index is 0.0471. The zero-order valence-corrected chi connectivity index (χ0v) is 32.7. The Kier molecular flexibility index (Phi) is 7.34. The first-order valence-corrected chi connectivity index (χ1v) is 20.1. The molecule has 0 unspecified atom stereocenters. The van der Waals surface area contributed by atoms with Crippen LogP contribution >= 0.6 is 0 Å². The minimum atomic E-state index is 0.0471. The van der Waals surface area contributed by atoms with Crippen molar-refractivity contribution in [3.05, 3.63) is 169 Å². The first kappa shape index (κ1) is 33.7. The fourth-order valence-electron chi connectivity index (χ4n) is 9.46. The lowest BCUT2D eigenvalue weighted by Crippen LogP contribution is -2.34. The third kappa shape index (κ3) is 5.38. The number of aromatic nitrogens is 4. The van der Waals surface area contributed by atoms with Gasteiger partial charge >= 0.3 is 0 Å². The lowest BCUT2D eigenvalue weighted by atomic mass is 9.62. The van der Waals surface area contributed by atoms with Crippen LogP contribution in [0.25, 0.3) is 94.0 Å². The summed E-state index contributed by atoms with van der Waals surface area (Å²) in [6, 6.07) is 56.8. The van der Waals surface area contributed by atoms with Crippen LogP contribution in [0, 0.1) is 0 Å². The largest absolute Gasteiger partial charge is 0.309 e. The monoisotopic (exact) mass is 734 g/mol. The van der Waals surface area contributed by atoms with Gasteiger partial charge in [-0.15, -0.1) is 0 Å². The molecule has 4 heteroatoms. The fraction of sp³-hybridized carbons (Fsp3) is 0.151. The summed E-state index contributed by atoms with van der Waals surface area (Å²) in [5.74, 6) is 1.96. The van der Waals surface area contributed by atoms with Crippen LogP contribution in [0.3, 0.4) is 0 Å². The smallest absolute Gasteiger partial charge is 0.164 e.